The Balaban J connectivity index is 1.90. The molecule has 6 nitrogen and oxygen atoms in total. The van der Waals surface area contributed by atoms with E-state index in [0.29, 0.717) is 24.7 Å². The van der Waals surface area contributed by atoms with Gasteiger partial charge in [-0.15, -0.1) is 0 Å². The van der Waals surface area contributed by atoms with Gasteiger partial charge in [0, 0.05) is 12.6 Å². The Labute approximate surface area is 130 Å². The lowest BCUT2D eigenvalue weighted by Crippen LogP contribution is -2.21. The Morgan fingerprint density at radius 2 is 2.29 bits per heavy atom. The van der Waals surface area contributed by atoms with Gasteiger partial charge in [-0.3, -0.25) is 4.79 Å². The van der Waals surface area contributed by atoms with E-state index in [-0.39, 0.29) is 6.54 Å². The number of carboxylic acid groups (broad SMARTS) is 1. The number of carboxylic acids is 1. The van der Waals surface area contributed by atoms with Crippen molar-refractivity contribution in [2.45, 2.75) is 20.1 Å². The molecule has 0 bridgehead atoms. The van der Waals surface area contributed by atoms with Crippen LogP contribution in [0.25, 0.3) is 0 Å². The summed E-state index contributed by atoms with van der Waals surface area (Å²) in [6.07, 6.45) is 0. The second-order valence-electron chi connectivity index (χ2n) is 4.49. The van der Waals surface area contributed by atoms with Crippen molar-refractivity contribution in [2.75, 3.05) is 6.54 Å². The molecule has 0 aliphatic heterocycles. The van der Waals surface area contributed by atoms with E-state index in [1.165, 1.54) is 0 Å². The molecule has 2 N–H and O–H groups in total. The lowest BCUT2D eigenvalue weighted by atomic mass is 10.2. The van der Waals surface area contributed by atoms with Crippen LogP contribution in [0.5, 0.6) is 5.75 Å². The molecule has 0 saturated carbocycles. The highest BCUT2D eigenvalue weighted by Gasteiger charge is 2.06. The largest absolute Gasteiger partial charge is 0.484 e. The molecular formula is C14H15BrN2O4. The Hall–Kier alpha value is -1.86. The molecule has 0 unspecified atom stereocenters. The molecule has 0 atom stereocenters. The molecule has 2 rings (SSSR count). The van der Waals surface area contributed by atoms with Crippen molar-refractivity contribution in [3.8, 4) is 5.75 Å². The van der Waals surface area contributed by atoms with Crippen LogP contribution in [0.1, 0.15) is 17.0 Å². The molecule has 0 fully saturated rings. The Bertz CT molecular complexity index is 627. The summed E-state index contributed by atoms with van der Waals surface area (Å²) in [5.74, 6) is 0.467. The van der Waals surface area contributed by atoms with Gasteiger partial charge in [-0.2, -0.15) is 0 Å². The molecule has 0 aliphatic carbocycles. The Morgan fingerprint density at radius 1 is 1.48 bits per heavy atom. The second-order valence-corrected chi connectivity index (χ2v) is 5.34. The van der Waals surface area contributed by atoms with Gasteiger partial charge in [0.2, 0.25) is 0 Å². The van der Waals surface area contributed by atoms with E-state index in [4.69, 9.17) is 14.4 Å². The number of aromatic nitrogens is 1. The van der Waals surface area contributed by atoms with Crippen molar-refractivity contribution in [3.05, 3.63) is 45.8 Å². The molecule has 1 aromatic carbocycles. The number of halogens is 1. The van der Waals surface area contributed by atoms with Crippen molar-refractivity contribution in [1.82, 2.24) is 10.5 Å². The van der Waals surface area contributed by atoms with E-state index < -0.39 is 5.97 Å². The fourth-order valence-electron chi connectivity index (χ4n) is 1.72. The van der Waals surface area contributed by atoms with Gasteiger partial charge in [-0.1, -0.05) is 11.2 Å². The number of hydrogen-bond acceptors (Lipinski definition) is 5. The minimum Gasteiger partial charge on any atom is -0.484 e. The topological polar surface area (TPSA) is 84.6 Å². The van der Waals surface area contributed by atoms with E-state index in [1.807, 2.05) is 31.2 Å². The Morgan fingerprint density at radius 3 is 2.90 bits per heavy atom. The smallest absolute Gasteiger partial charge is 0.317 e. The van der Waals surface area contributed by atoms with Gasteiger partial charge >= 0.3 is 5.97 Å². The third-order valence-corrected chi connectivity index (χ3v) is 3.27. The zero-order valence-corrected chi connectivity index (χ0v) is 13.0. The lowest BCUT2D eigenvalue weighted by Gasteiger charge is -2.08. The summed E-state index contributed by atoms with van der Waals surface area (Å²) in [4.78, 5) is 10.4. The number of benzene rings is 1. The molecule has 0 amide bonds. The summed E-state index contributed by atoms with van der Waals surface area (Å²) in [7, 11) is 0. The molecule has 7 heteroatoms. The third-order valence-electron chi connectivity index (χ3n) is 2.65. The van der Waals surface area contributed by atoms with Gasteiger partial charge in [0.1, 0.15) is 12.4 Å². The highest BCUT2D eigenvalue weighted by atomic mass is 79.9. The van der Waals surface area contributed by atoms with Gasteiger partial charge in [0.15, 0.2) is 5.76 Å². The van der Waals surface area contributed by atoms with Crippen LogP contribution in [0.15, 0.2) is 33.3 Å². The second kappa shape index (κ2) is 7.24. The van der Waals surface area contributed by atoms with Crippen molar-refractivity contribution >= 4 is 21.9 Å². The maximum Gasteiger partial charge on any atom is 0.317 e. The average molecular weight is 355 g/mol. The van der Waals surface area contributed by atoms with Gasteiger partial charge in [0.05, 0.1) is 16.7 Å². The quantitative estimate of drug-likeness (QED) is 0.794. The normalized spacial score (nSPS) is 10.6. The highest BCUT2D eigenvalue weighted by Crippen LogP contribution is 2.26. The van der Waals surface area contributed by atoms with Gasteiger partial charge in [0.25, 0.3) is 0 Å². The van der Waals surface area contributed by atoms with Gasteiger partial charge in [-0.25, -0.2) is 0 Å². The van der Waals surface area contributed by atoms with Crippen LogP contribution >= 0.6 is 15.9 Å². The monoisotopic (exact) mass is 354 g/mol. The molecule has 2 aromatic rings. The van der Waals surface area contributed by atoms with E-state index in [2.05, 4.69) is 26.4 Å². The van der Waals surface area contributed by atoms with Gasteiger partial charge < -0.3 is 19.7 Å². The van der Waals surface area contributed by atoms with Crippen LogP contribution in [0.3, 0.4) is 0 Å². The molecule has 0 radical (unpaired) electrons. The van der Waals surface area contributed by atoms with Crippen molar-refractivity contribution in [3.63, 3.8) is 0 Å². The summed E-state index contributed by atoms with van der Waals surface area (Å²) in [6, 6.07) is 7.40. The number of nitrogens with zero attached hydrogens (tertiary/aromatic N) is 1. The summed E-state index contributed by atoms with van der Waals surface area (Å²) in [6.45, 7) is 2.56. The number of aryl methyl sites for hydroxylation is 1. The van der Waals surface area contributed by atoms with Crippen LogP contribution in [0, 0.1) is 6.92 Å². The molecule has 21 heavy (non-hydrogen) atoms. The van der Waals surface area contributed by atoms with Crippen LogP contribution in [0.4, 0.5) is 0 Å². The summed E-state index contributed by atoms with van der Waals surface area (Å²) < 4.78 is 11.5. The fourth-order valence-corrected chi connectivity index (χ4v) is 2.26. The number of aliphatic carboxylic acids is 1. The average Bonchev–Trinajstić information content (AvgIpc) is 2.83. The Kier molecular flexibility index (Phi) is 5.35. The molecule has 0 saturated heterocycles. The van der Waals surface area contributed by atoms with E-state index in [0.717, 1.165) is 15.7 Å². The standard InChI is InChI=1S/C14H15BrN2O4/c1-9-4-11(21-17-9)8-20-13-3-2-10(5-12(13)15)6-16-7-14(18)19/h2-5,16H,6-8H2,1H3,(H,18,19). The van der Waals surface area contributed by atoms with Crippen LogP contribution in [-0.4, -0.2) is 22.8 Å². The number of carbonyl (C=O) groups is 1. The van der Waals surface area contributed by atoms with Crippen molar-refractivity contribution < 1.29 is 19.2 Å². The lowest BCUT2D eigenvalue weighted by molar-refractivity contribution is -0.135. The first-order valence-electron chi connectivity index (χ1n) is 6.30. The molecule has 1 heterocycles. The predicted molar refractivity (Wildman–Crippen MR) is 79.1 cm³/mol. The molecule has 1 aromatic heterocycles. The number of hydrogen-bond donors (Lipinski definition) is 2. The zero-order valence-electron chi connectivity index (χ0n) is 11.4. The molecular weight excluding hydrogens is 340 g/mol. The minimum atomic E-state index is -0.878. The third kappa shape index (κ3) is 4.87. The summed E-state index contributed by atoms with van der Waals surface area (Å²) in [5, 5.41) is 15.2. The van der Waals surface area contributed by atoms with Crippen molar-refractivity contribution in [1.29, 1.82) is 0 Å². The van der Waals surface area contributed by atoms with Crippen LogP contribution < -0.4 is 10.1 Å². The number of nitrogens with one attached hydrogen (secondary N) is 1. The summed E-state index contributed by atoms with van der Waals surface area (Å²) >= 11 is 3.43. The first kappa shape index (κ1) is 15.5. The highest BCUT2D eigenvalue weighted by molar-refractivity contribution is 9.10. The molecule has 0 aliphatic rings. The molecule has 112 valence electrons. The first-order chi connectivity index (χ1) is 10.0. The first-order valence-corrected chi connectivity index (χ1v) is 7.10. The maximum atomic E-state index is 10.4. The predicted octanol–water partition coefficient (Wildman–Crippen LogP) is 2.50. The van der Waals surface area contributed by atoms with E-state index in [1.54, 1.807) is 0 Å². The number of ether oxygens (including phenoxy) is 1. The zero-order chi connectivity index (χ0) is 15.2. The SMILES string of the molecule is Cc1cc(COc2ccc(CNCC(=O)O)cc2Br)on1. The maximum absolute atomic E-state index is 10.4. The minimum absolute atomic E-state index is 0.0687. The van der Waals surface area contributed by atoms with E-state index in [9.17, 15) is 4.79 Å². The fraction of sp³-hybridized carbons (Fsp3) is 0.286. The summed E-state index contributed by atoms with van der Waals surface area (Å²) in [5.41, 5.74) is 1.78. The number of rotatable bonds is 7. The van der Waals surface area contributed by atoms with Crippen LogP contribution in [0.2, 0.25) is 0 Å². The van der Waals surface area contributed by atoms with Crippen molar-refractivity contribution in [2.24, 2.45) is 0 Å². The van der Waals surface area contributed by atoms with Crippen LogP contribution in [-0.2, 0) is 17.9 Å². The van der Waals surface area contributed by atoms with E-state index >= 15 is 0 Å². The van der Waals surface area contributed by atoms with Gasteiger partial charge in [-0.05, 0) is 40.5 Å². The molecule has 0 spiro atoms.